The molecule has 0 unspecified atom stereocenters. The van der Waals surface area contributed by atoms with Gasteiger partial charge in [0.25, 0.3) is 0 Å². The van der Waals surface area contributed by atoms with Crippen LogP contribution in [0.4, 0.5) is 17.6 Å². The fourth-order valence-electron chi connectivity index (χ4n) is 1.49. The largest absolute Gasteiger partial charge is 0.493 e. The van der Waals surface area contributed by atoms with Crippen molar-refractivity contribution in [2.75, 3.05) is 13.2 Å². The van der Waals surface area contributed by atoms with Gasteiger partial charge in [0.1, 0.15) is 11.6 Å². The average Bonchev–Trinajstić information content (AvgIpc) is 2.26. The predicted octanol–water partition coefficient (Wildman–Crippen LogP) is 3.05. The van der Waals surface area contributed by atoms with Crippen molar-refractivity contribution < 1.29 is 22.3 Å². The highest BCUT2D eigenvalue weighted by Crippen LogP contribution is 2.23. The Morgan fingerprint density at radius 1 is 1.22 bits per heavy atom. The number of halogens is 4. The monoisotopic (exact) mass is 265 g/mol. The molecule has 0 aliphatic carbocycles. The van der Waals surface area contributed by atoms with Crippen LogP contribution in [-0.4, -0.2) is 19.3 Å². The highest BCUT2D eigenvalue weighted by atomic mass is 19.4. The summed E-state index contributed by atoms with van der Waals surface area (Å²) in [7, 11) is 0. The first kappa shape index (κ1) is 14.8. The standard InChI is InChI=1S/C12H15F4NO/c13-10-2-3-11(9(8-10)4-6-17)18-7-1-5-12(14,15)16/h2-3,8H,1,4-7,17H2. The Morgan fingerprint density at radius 3 is 2.56 bits per heavy atom. The molecule has 1 aromatic rings. The van der Waals surface area contributed by atoms with Crippen LogP contribution < -0.4 is 10.5 Å². The lowest BCUT2D eigenvalue weighted by Crippen LogP contribution is -2.11. The van der Waals surface area contributed by atoms with E-state index in [1.807, 2.05) is 0 Å². The third-order valence-electron chi connectivity index (χ3n) is 2.30. The van der Waals surface area contributed by atoms with Gasteiger partial charge in [0.15, 0.2) is 0 Å². The van der Waals surface area contributed by atoms with Gasteiger partial charge in [0.05, 0.1) is 6.61 Å². The van der Waals surface area contributed by atoms with Crippen LogP contribution in [0.25, 0.3) is 0 Å². The SMILES string of the molecule is NCCc1cc(F)ccc1OCCCC(F)(F)F. The van der Waals surface area contributed by atoms with Crippen molar-refractivity contribution in [3.05, 3.63) is 29.6 Å². The van der Waals surface area contributed by atoms with Gasteiger partial charge in [-0.1, -0.05) is 0 Å². The van der Waals surface area contributed by atoms with E-state index in [2.05, 4.69) is 0 Å². The minimum absolute atomic E-state index is 0.0529. The van der Waals surface area contributed by atoms with Crippen LogP contribution in [0.1, 0.15) is 18.4 Å². The maximum absolute atomic E-state index is 13.0. The van der Waals surface area contributed by atoms with E-state index < -0.39 is 18.4 Å². The third-order valence-corrected chi connectivity index (χ3v) is 2.30. The zero-order valence-electron chi connectivity index (χ0n) is 9.77. The lowest BCUT2D eigenvalue weighted by Gasteiger charge is -2.12. The number of alkyl halides is 3. The fraction of sp³-hybridized carbons (Fsp3) is 0.500. The molecule has 0 amide bonds. The molecule has 1 rings (SSSR count). The number of hydrogen-bond acceptors (Lipinski definition) is 2. The Morgan fingerprint density at radius 2 is 1.94 bits per heavy atom. The average molecular weight is 265 g/mol. The maximum atomic E-state index is 13.0. The van der Waals surface area contributed by atoms with Crippen molar-refractivity contribution >= 4 is 0 Å². The number of nitrogens with two attached hydrogens (primary N) is 1. The number of ether oxygens (including phenoxy) is 1. The summed E-state index contributed by atoms with van der Waals surface area (Å²) in [6.45, 7) is 0.269. The van der Waals surface area contributed by atoms with Crippen LogP contribution in [0.15, 0.2) is 18.2 Å². The molecular weight excluding hydrogens is 250 g/mol. The van der Waals surface area contributed by atoms with Crippen LogP contribution in [-0.2, 0) is 6.42 Å². The van der Waals surface area contributed by atoms with E-state index in [-0.39, 0.29) is 13.0 Å². The molecule has 0 radical (unpaired) electrons. The van der Waals surface area contributed by atoms with Gasteiger partial charge in [-0.2, -0.15) is 13.2 Å². The van der Waals surface area contributed by atoms with Gasteiger partial charge in [-0.25, -0.2) is 4.39 Å². The molecule has 102 valence electrons. The van der Waals surface area contributed by atoms with Gasteiger partial charge in [-0.3, -0.25) is 0 Å². The molecule has 0 spiro atoms. The van der Waals surface area contributed by atoms with E-state index in [0.717, 1.165) is 0 Å². The second kappa shape index (κ2) is 6.58. The van der Waals surface area contributed by atoms with Crippen LogP contribution >= 0.6 is 0 Å². The lowest BCUT2D eigenvalue weighted by atomic mass is 10.1. The Bertz CT molecular complexity index is 379. The van der Waals surface area contributed by atoms with Crippen LogP contribution in [0.5, 0.6) is 5.75 Å². The topological polar surface area (TPSA) is 35.2 Å². The Balaban J connectivity index is 2.51. The Kier molecular flexibility index (Phi) is 5.40. The molecule has 1 aromatic carbocycles. The summed E-state index contributed by atoms with van der Waals surface area (Å²) in [5.74, 6) is -0.0230. The molecular formula is C12H15F4NO. The second-order valence-electron chi connectivity index (χ2n) is 3.86. The van der Waals surface area contributed by atoms with E-state index in [4.69, 9.17) is 10.5 Å². The third kappa shape index (κ3) is 5.35. The van der Waals surface area contributed by atoms with E-state index >= 15 is 0 Å². The summed E-state index contributed by atoms with van der Waals surface area (Å²) in [6, 6.07) is 3.90. The zero-order chi connectivity index (χ0) is 13.6. The van der Waals surface area contributed by atoms with Gasteiger partial charge < -0.3 is 10.5 Å². The van der Waals surface area contributed by atoms with Crippen LogP contribution in [0, 0.1) is 5.82 Å². The maximum Gasteiger partial charge on any atom is 0.389 e. The first-order chi connectivity index (χ1) is 8.42. The van der Waals surface area contributed by atoms with Crippen molar-refractivity contribution in [2.24, 2.45) is 5.73 Å². The summed E-state index contributed by atoms with van der Waals surface area (Å²) in [5.41, 5.74) is 5.94. The first-order valence-electron chi connectivity index (χ1n) is 5.60. The van der Waals surface area contributed by atoms with E-state index in [1.165, 1.54) is 18.2 Å². The molecule has 2 nitrogen and oxygen atoms in total. The fourth-order valence-corrected chi connectivity index (χ4v) is 1.49. The Labute approximate surface area is 103 Å². The summed E-state index contributed by atoms with van der Waals surface area (Å²) in [6.07, 6.45) is -4.76. The first-order valence-corrected chi connectivity index (χ1v) is 5.60. The highest BCUT2D eigenvalue weighted by molar-refractivity contribution is 5.34. The van der Waals surface area contributed by atoms with E-state index in [1.54, 1.807) is 0 Å². The molecule has 18 heavy (non-hydrogen) atoms. The summed E-state index contributed by atoms with van der Waals surface area (Å²) in [4.78, 5) is 0. The van der Waals surface area contributed by atoms with Crippen molar-refractivity contribution in [1.82, 2.24) is 0 Å². The van der Waals surface area contributed by atoms with Crippen molar-refractivity contribution in [3.8, 4) is 5.75 Å². The van der Waals surface area contributed by atoms with E-state index in [0.29, 0.717) is 24.3 Å². The van der Waals surface area contributed by atoms with Gasteiger partial charge in [0.2, 0.25) is 0 Å². The second-order valence-corrected chi connectivity index (χ2v) is 3.86. The highest BCUT2D eigenvalue weighted by Gasteiger charge is 2.26. The summed E-state index contributed by atoms with van der Waals surface area (Å²) >= 11 is 0. The van der Waals surface area contributed by atoms with Gasteiger partial charge in [-0.15, -0.1) is 0 Å². The van der Waals surface area contributed by atoms with Gasteiger partial charge in [0, 0.05) is 6.42 Å². The lowest BCUT2D eigenvalue weighted by molar-refractivity contribution is -0.136. The smallest absolute Gasteiger partial charge is 0.389 e. The summed E-state index contributed by atoms with van der Waals surface area (Å²) < 4.78 is 53.9. The number of hydrogen-bond donors (Lipinski definition) is 1. The molecule has 6 heteroatoms. The molecule has 0 fully saturated rings. The zero-order valence-corrected chi connectivity index (χ0v) is 9.77. The molecule has 0 saturated heterocycles. The number of benzene rings is 1. The van der Waals surface area contributed by atoms with Crippen LogP contribution in [0.3, 0.4) is 0 Å². The van der Waals surface area contributed by atoms with Crippen molar-refractivity contribution in [2.45, 2.75) is 25.4 Å². The number of rotatable bonds is 6. The molecule has 0 saturated carbocycles. The molecule has 0 atom stereocenters. The molecule has 2 N–H and O–H groups in total. The molecule has 0 aromatic heterocycles. The van der Waals surface area contributed by atoms with Crippen molar-refractivity contribution in [1.29, 1.82) is 0 Å². The van der Waals surface area contributed by atoms with Gasteiger partial charge >= 0.3 is 6.18 Å². The van der Waals surface area contributed by atoms with Gasteiger partial charge in [-0.05, 0) is 43.1 Å². The molecule has 0 heterocycles. The minimum atomic E-state index is -4.17. The molecule has 0 bridgehead atoms. The Hall–Kier alpha value is -1.30. The molecule has 0 aliphatic heterocycles. The van der Waals surface area contributed by atoms with Crippen LogP contribution in [0.2, 0.25) is 0 Å². The summed E-state index contributed by atoms with van der Waals surface area (Å²) in [5, 5.41) is 0. The molecule has 0 aliphatic rings. The normalized spacial score (nSPS) is 11.6. The quantitative estimate of drug-likeness (QED) is 0.633. The predicted molar refractivity (Wildman–Crippen MR) is 59.9 cm³/mol. The van der Waals surface area contributed by atoms with Crippen molar-refractivity contribution in [3.63, 3.8) is 0 Å². The minimum Gasteiger partial charge on any atom is -0.493 e. The van der Waals surface area contributed by atoms with E-state index in [9.17, 15) is 17.6 Å².